The molecule has 122 valence electrons. The van der Waals surface area contributed by atoms with E-state index in [0.717, 1.165) is 22.5 Å². The van der Waals surface area contributed by atoms with E-state index in [0.29, 0.717) is 5.92 Å². The smallest absolute Gasteiger partial charge is 0.246 e. The van der Waals surface area contributed by atoms with Crippen molar-refractivity contribution in [2.45, 2.75) is 46.6 Å². The molecule has 0 saturated heterocycles. The fraction of sp³-hybridized carbons (Fsp3) is 0.350. The van der Waals surface area contributed by atoms with E-state index in [9.17, 15) is 4.79 Å². The van der Waals surface area contributed by atoms with Crippen LogP contribution in [0.5, 0.6) is 0 Å². The Bertz CT molecular complexity index is 675. The van der Waals surface area contributed by atoms with Crippen molar-refractivity contribution in [1.29, 1.82) is 0 Å². The van der Waals surface area contributed by atoms with Gasteiger partial charge in [0.15, 0.2) is 0 Å². The van der Waals surface area contributed by atoms with E-state index in [-0.39, 0.29) is 11.9 Å². The minimum atomic E-state index is -0.306. The Kier molecular flexibility index (Phi) is 5.43. The molecule has 0 aliphatic heterocycles. The number of hydrogen-bond donors (Lipinski definition) is 2. The van der Waals surface area contributed by atoms with Crippen LogP contribution in [0.4, 0.5) is 11.4 Å². The Balaban J connectivity index is 2.01. The third kappa shape index (κ3) is 4.59. The minimum absolute atomic E-state index is 0.0355. The van der Waals surface area contributed by atoms with E-state index in [1.165, 1.54) is 5.56 Å². The molecule has 2 N–H and O–H groups in total. The van der Waals surface area contributed by atoms with Crippen LogP contribution >= 0.6 is 0 Å². The Morgan fingerprint density at radius 2 is 1.61 bits per heavy atom. The van der Waals surface area contributed by atoms with Crippen molar-refractivity contribution < 1.29 is 4.79 Å². The standard InChI is InChI=1S/C20H26N2O/c1-13(2)17-8-10-18(11-9-17)21-16(5)20(23)22-19-12-14(3)6-7-15(19)4/h6-13,16,21H,1-5H3,(H,22,23). The average Bonchev–Trinajstić information content (AvgIpc) is 2.51. The number of hydrogen-bond acceptors (Lipinski definition) is 2. The molecule has 1 amide bonds. The largest absolute Gasteiger partial charge is 0.374 e. The lowest BCUT2D eigenvalue weighted by Gasteiger charge is -2.17. The van der Waals surface area contributed by atoms with Gasteiger partial charge in [0.25, 0.3) is 0 Å². The lowest BCUT2D eigenvalue weighted by Crippen LogP contribution is -2.32. The Labute approximate surface area is 139 Å². The summed E-state index contributed by atoms with van der Waals surface area (Å²) >= 11 is 0. The molecule has 2 rings (SSSR count). The fourth-order valence-electron chi connectivity index (χ4n) is 2.39. The molecule has 0 aliphatic carbocycles. The molecule has 0 aromatic heterocycles. The summed E-state index contributed by atoms with van der Waals surface area (Å²) < 4.78 is 0. The van der Waals surface area contributed by atoms with E-state index in [4.69, 9.17) is 0 Å². The van der Waals surface area contributed by atoms with Gasteiger partial charge in [0.05, 0.1) is 0 Å². The predicted octanol–water partition coefficient (Wildman–Crippen LogP) is 4.87. The molecule has 2 aromatic rings. The number of anilines is 2. The van der Waals surface area contributed by atoms with Crippen molar-refractivity contribution >= 4 is 17.3 Å². The van der Waals surface area contributed by atoms with E-state index >= 15 is 0 Å². The summed E-state index contributed by atoms with van der Waals surface area (Å²) in [6.45, 7) is 10.2. The van der Waals surface area contributed by atoms with E-state index in [1.54, 1.807) is 0 Å². The summed E-state index contributed by atoms with van der Waals surface area (Å²) in [4.78, 5) is 12.4. The number of carbonyl (C=O) groups excluding carboxylic acids is 1. The van der Waals surface area contributed by atoms with Crippen LogP contribution in [0.25, 0.3) is 0 Å². The highest BCUT2D eigenvalue weighted by molar-refractivity contribution is 5.96. The number of nitrogens with one attached hydrogen (secondary N) is 2. The Morgan fingerprint density at radius 3 is 2.22 bits per heavy atom. The van der Waals surface area contributed by atoms with Gasteiger partial charge < -0.3 is 10.6 Å². The lowest BCUT2D eigenvalue weighted by atomic mass is 10.0. The zero-order valence-electron chi connectivity index (χ0n) is 14.6. The molecule has 0 saturated carbocycles. The maximum Gasteiger partial charge on any atom is 0.246 e. The molecule has 0 spiro atoms. The Hall–Kier alpha value is -2.29. The SMILES string of the molecule is Cc1ccc(C)c(NC(=O)C(C)Nc2ccc(C(C)C)cc2)c1. The molecule has 0 fully saturated rings. The first-order valence-electron chi connectivity index (χ1n) is 8.11. The molecular formula is C20H26N2O. The van der Waals surface area contributed by atoms with Crippen molar-refractivity contribution in [1.82, 2.24) is 0 Å². The zero-order chi connectivity index (χ0) is 17.0. The van der Waals surface area contributed by atoms with Crippen LogP contribution in [0.2, 0.25) is 0 Å². The van der Waals surface area contributed by atoms with Gasteiger partial charge in [-0.25, -0.2) is 0 Å². The highest BCUT2D eigenvalue weighted by Crippen LogP contribution is 2.19. The van der Waals surface area contributed by atoms with Gasteiger partial charge in [-0.05, 0) is 61.6 Å². The molecule has 1 unspecified atom stereocenters. The summed E-state index contributed by atoms with van der Waals surface area (Å²) in [5.41, 5.74) is 5.33. The number of amides is 1. The van der Waals surface area contributed by atoms with Crippen molar-refractivity contribution in [2.75, 3.05) is 10.6 Å². The molecule has 0 radical (unpaired) electrons. The van der Waals surface area contributed by atoms with Crippen LogP contribution in [0, 0.1) is 13.8 Å². The van der Waals surface area contributed by atoms with Gasteiger partial charge in [-0.2, -0.15) is 0 Å². The van der Waals surface area contributed by atoms with E-state index in [1.807, 2.05) is 51.1 Å². The van der Waals surface area contributed by atoms with E-state index < -0.39 is 0 Å². The minimum Gasteiger partial charge on any atom is -0.374 e. The summed E-state index contributed by atoms with van der Waals surface area (Å²) in [7, 11) is 0. The third-order valence-electron chi connectivity index (χ3n) is 4.00. The van der Waals surface area contributed by atoms with Crippen LogP contribution in [-0.4, -0.2) is 11.9 Å². The van der Waals surface area contributed by atoms with Crippen LogP contribution in [0.15, 0.2) is 42.5 Å². The highest BCUT2D eigenvalue weighted by Gasteiger charge is 2.14. The topological polar surface area (TPSA) is 41.1 Å². The number of rotatable bonds is 5. The summed E-state index contributed by atoms with van der Waals surface area (Å²) in [5, 5.41) is 6.25. The van der Waals surface area contributed by atoms with Crippen molar-refractivity contribution in [3.63, 3.8) is 0 Å². The fourth-order valence-corrected chi connectivity index (χ4v) is 2.39. The van der Waals surface area contributed by atoms with Gasteiger partial charge >= 0.3 is 0 Å². The number of aryl methyl sites for hydroxylation is 2. The van der Waals surface area contributed by atoms with Gasteiger partial charge in [-0.1, -0.05) is 38.1 Å². The monoisotopic (exact) mass is 310 g/mol. The van der Waals surface area contributed by atoms with Crippen LogP contribution < -0.4 is 10.6 Å². The number of carbonyl (C=O) groups is 1. The van der Waals surface area contributed by atoms with E-state index in [2.05, 4.69) is 36.6 Å². The molecule has 0 heterocycles. The zero-order valence-corrected chi connectivity index (χ0v) is 14.6. The predicted molar refractivity (Wildman–Crippen MR) is 98.2 cm³/mol. The van der Waals surface area contributed by atoms with Crippen molar-refractivity contribution in [2.24, 2.45) is 0 Å². The molecular weight excluding hydrogens is 284 g/mol. The van der Waals surface area contributed by atoms with Gasteiger partial charge in [0.1, 0.15) is 6.04 Å². The second kappa shape index (κ2) is 7.32. The summed E-state index contributed by atoms with van der Waals surface area (Å²) in [6, 6.07) is 14.0. The molecule has 2 aromatic carbocycles. The third-order valence-corrected chi connectivity index (χ3v) is 4.00. The maximum atomic E-state index is 12.4. The molecule has 1 atom stereocenters. The van der Waals surface area contributed by atoms with Gasteiger partial charge in [-0.15, -0.1) is 0 Å². The average molecular weight is 310 g/mol. The normalized spacial score (nSPS) is 12.1. The van der Waals surface area contributed by atoms with Crippen LogP contribution in [0.3, 0.4) is 0 Å². The first kappa shape index (κ1) is 17.1. The first-order valence-corrected chi connectivity index (χ1v) is 8.11. The first-order chi connectivity index (χ1) is 10.9. The van der Waals surface area contributed by atoms with Crippen LogP contribution in [-0.2, 0) is 4.79 Å². The second-order valence-electron chi connectivity index (χ2n) is 6.45. The number of benzene rings is 2. The lowest BCUT2D eigenvalue weighted by molar-refractivity contribution is -0.116. The second-order valence-corrected chi connectivity index (χ2v) is 6.45. The van der Waals surface area contributed by atoms with Crippen LogP contribution in [0.1, 0.15) is 43.4 Å². The molecule has 0 aliphatic rings. The van der Waals surface area contributed by atoms with Gasteiger partial charge in [0.2, 0.25) is 5.91 Å². The summed E-state index contributed by atoms with van der Waals surface area (Å²) in [5.74, 6) is 0.473. The highest BCUT2D eigenvalue weighted by atomic mass is 16.2. The quantitative estimate of drug-likeness (QED) is 0.827. The Morgan fingerprint density at radius 1 is 0.957 bits per heavy atom. The molecule has 23 heavy (non-hydrogen) atoms. The maximum absolute atomic E-state index is 12.4. The molecule has 3 heteroatoms. The van der Waals surface area contributed by atoms with Crippen molar-refractivity contribution in [3.8, 4) is 0 Å². The molecule has 0 bridgehead atoms. The van der Waals surface area contributed by atoms with Gasteiger partial charge in [0, 0.05) is 11.4 Å². The summed E-state index contributed by atoms with van der Waals surface area (Å²) in [6.07, 6.45) is 0. The van der Waals surface area contributed by atoms with Gasteiger partial charge in [-0.3, -0.25) is 4.79 Å². The van der Waals surface area contributed by atoms with Crippen molar-refractivity contribution in [3.05, 3.63) is 59.2 Å². The molecule has 3 nitrogen and oxygen atoms in total.